The van der Waals surface area contributed by atoms with Crippen molar-refractivity contribution in [3.8, 4) is 0 Å². The molecule has 4 aromatic heterocycles. The fourth-order valence-corrected chi connectivity index (χ4v) is 3.50. The van der Waals surface area contributed by atoms with Gasteiger partial charge in [-0.05, 0) is 18.2 Å². The van der Waals surface area contributed by atoms with Crippen LogP contribution in [0.3, 0.4) is 0 Å². The largest absolute Gasteiger partial charge is 0.356 e. The van der Waals surface area contributed by atoms with Gasteiger partial charge in [-0.15, -0.1) is 0 Å². The number of nitrogens with zero attached hydrogens (tertiary/aromatic N) is 4. The number of aromatic nitrogens is 5. The highest BCUT2D eigenvalue weighted by Gasteiger charge is 2.23. The number of H-pyrrole nitrogens is 1. The van der Waals surface area contributed by atoms with Gasteiger partial charge in [0.05, 0.1) is 24.0 Å². The van der Waals surface area contributed by atoms with Crippen molar-refractivity contribution in [3.63, 3.8) is 0 Å². The van der Waals surface area contributed by atoms with E-state index in [0.29, 0.717) is 23.5 Å². The number of aromatic amines is 1. The zero-order chi connectivity index (χ0) is 21.7. The molecule has 5 rings (SSSR count). The topological polar surface area (TPSA) is 85.0 Å². The van der Waals surface area contributed by atoms with Gasteiger partial charge in [-0.3, -0.25) is 9.59 Å². The highest BCUT2D eigenvalue weighted by molar-refractivity contribution is 6.16. The summed E-state index contributed by atoms with van der Waals surface area (Å²) in [7, 11) is 0. The second-order valence-electron chi connectivity index (χ2n) is 6.87. The first kappa shape index (κ1) is 18.8. The van der Waals surface area contributed by atoms with E-state index in [2.05, 4.69) is 15.1 Å². The van der Waals surface area contributed by atoms with Crippen LogP contribution in [0.2, 0.25) is 0 Å². The minimum atomic E-state index is -1.31. The van der Waals surface area contributed by atoms with Crippen molar-refractivity contribution in [2.75, 3.05) is 0 Å². The van der Waals surface area contributed by atoms with Crippen molar-refractivity contribution in [1.29, 1.82) is 0 Å². The van der Waals surface area contributed by atoms with Crippen LogP contribution in [0, 0.1) is 17.5 Å². The highest BCUT2D eigenvalue weighted by Crippen LogP contribution is 2.23. The smallest absolute Gasteiger partial charge is 0.275 e. The van der Waals surface area contributed by atoms with E-state index in [-0.39, 0.29) is 23.0 Å². The van der Waals surface area contributed by atoms with Crippen molar-refractivity contribution in [2.24, 2.45) is 0 Å². The zero-order valence-electron chi connectivity index (χ0n) is 15.6. The molecule has 154 valence electrons. The van der Waals surface area contributed by atoms with Gasteiger partial charge in [0.1, 0.15) is 23.0 Å². The summed E-state index contributed by atoms with van der Waals surface area (Å²) in [6.45, 7) is 0.154. The van der Waals surface area contributed by atoms with E-state index in [1.54, 1.807) is 29.0 Å². The molecule has 0 spiro atoms. The lowest BCUT2D eigenvalue weighted by molar-refractivity contribution is 0.103. The van der Waals surface area contributed by atoms with E-state index < -0.39 is 34.4 Å². The van der Waals surface area contributed by atoms with E-state index in [9.17, 15) is 22.8 Å². The molecule has 0 amide bonds. The number of halogens is 3. The average molecular weight is 423 g/mol. The number of pyridine rings is 1. The molecule has 1 N–H and O–H groups in total. The van der Waals surface area contributed by atoms with Crippen molar-refractivity contribution < 1.29 is 18.0 Å². The second kappa shape index (κ2) is 6.94. The predicted molar refractivity (Wildman–Crippen MR) is 104 cm³/mol. The Bertz CT molecular complexity index is 1490. The van der Waals surface area contributed by atoms with E-state index in [1.165, 1.54) is 23.0 Å². The first-order chi connectivity index (χ1) is 14.9. The number of nitrogens with one attached hydrogen (secondary N) is 1. The van der Waals surface area contributed by atoms with E-state index >= 15 is 0 Å². The van der Waals surface area contributed by atoms with Crippen LogP contribution in [0.1, 0.15) is 21.6 Å². The van der Waals surface area contributed by atoms with Crippen molar-refractivity contribution in [3.05, 3.63) is 99.7 Å². The number of carbonyl (C=O) groups excluding carboxylic acids is 1. The molecule has 5 aromatic rings. The molecule has 31 heavy (non-hydrogen) atoms. The molecule has 10 heteroatoms. The van der Waals surface area contributed by atoms with Gasteiger partial charge in [-0.1, -0.05) is 0 Å². The van der Waals surface area contributed by atoms with Crippen LogP contribution in [-0.2, 0) is 6.54 Å². The minimum Gasteiger partial charge on any atom is -0.356 e. The maximum atomic E-state index is 14.0. The second-order valence-corrected chi connectivity index (χ2v) is 6.87. The molecule has 4 heterocycles. The average Bonchev–Trinajstić information content (AvgIpc) is 3.33. The van der Waals surface area contributed by atoms with Gasteiger partial charge in [0.2, 0.25) is 5.78 Å². The molecular weight excluding hydrogens is 411 g/mol. The highest BCUT2D eigenvalue weighted by atomic mass is 19.1. The lowest BCUT2D eigenvalue weighted by Crippen LogP contribution is -2.20. The standard InChI is InChI=1S/C21H12F3N5O2/c22-11-6-15(23)18(16(24)7-11)20(30)14-8-25-19-13(14)3-5-28(21(19)31)9-12-10-29-17(27-12)2-1-4-26-29/h1-8,10,25H,9H2. The molecule has 0 radical (unpaired) electrons. The molecule has 0 saturated heterocycles. The maximum Gasteiger partial charge on any atom is 0.275 e. The summed E-state index contributed by atoms with van der Waals surface area (Å²) in [4.78, 5) is 32.7. The van der Waals surface area contributed by atoms with Gasteiger partial charge in [0.15, 0.2) is 5.65 Å². The third-order valence-electron chi connectivity index (χ3n) is 4.91. The number of hydrogen-bond donors (Lipinski definition) is 1. The Morgan fingerprint density at radius 1 is 1.13 bits per heavy atom. The van der Waals surface area contributed by atoms with Crippen molar-refractivity contribution in [2.45, 2.75) is 6.54 Å². The normalized spacial score (nSPS) is 11.5. The molecule has 0 aliphatic carbocycles. The van der Waals surface area contributed by atoms with Gasteiger partial charge in [0, 0.05) is 41.7 Å². The van der Waals surface area contributed by atoms with Gasteiger partial charge >= 0.3 is 0 Å². The summed E-state index contributed by atoms with van der Waals surface area (Å²) in [5.41, 5.74) is -0.109. The fourth-order valence-electron chi connectivity index (χ4n) is 3.50. The molecule has 0 fully saturated rings. The third kappa shape index (κ3) is 3.08. The van der Waals surface area contributed by atoms with Crippen molar-refractivity contribution >= 4 is 22.3 Å². The first-order valence-electron chi connectivity index (χ1n) is 9.11. The molecule has 0 saturated carbocycles. The van der Waals surface area contributed by atoms with Gasteiger partial charge in [-0.2, -0.15) is 5.10 Å². The Balaban J connectivity index is 1.54. The third-order valence-corrected chi connectivity index (χ3v) is 4.91. The molecule has 0 aliphatic rings. The van der Waals surface area contributed by atoms with Crippen LogP contribution in [-0.4, -0.2) is 29.9 Å². The Hall–Kier alpha value is -4.21. The van der Waals surface area contributed by atoms with Crippen molar-refractivity contribution in [1.82, 2.24) is 24.1 Å². The summed E-state index contributed by atoms with van der Waals surface area (Å²) < 4.78 is 44.2. The number of hydrogen-bond acceptors (Lipinski definition) is 4. The van der Waals surface area contributed by atoms with E-state index in [0.717, 1.165) is 0 Å². The quantitative estimate of drug-likeness (QED) is 0.451. The van der Waals surface area contributed by atoms with Crippen LogP contribution < -0.4 is 5.56 Å². The van der Waals surface area contributed by atoms with Crippen LogP contribution >= 0.6 is 0 Å². The molecule has 1 aromatic carbocycles. The van der Waals surface area contributed by atoms with E-state index in [4.69, 9.17) is 0 Å². The summed E-state index contributed by atoms with van der Waals surface area (Å²) in [6, 6.07) is 5.88. The van der Waals surface area contributed by atoms with Gasteiger partial charge < -0.3 is 9.55 Å². The fraction of sp³-hybridized carbons (Fsp3) is 0.0476. The number of benzene rings is 1. The summed E-state index contributed by atoms with van der Waals surface area (Å²) in [5.74, 6) is -4.75. The molecule has 0 unspecified atom stereocenters. The minimum absolute atomic E-state index is 0.0932. The summed E-state index contributed by atoms with van der Waals surface area (Å²) >= 11 is 0. The number of ketones is 1. The Kier molecular flexibility index (Phi) is 4.21. The van der Waals surface area contributed by atoms with Crippen LogP contribution in [0.25, 0.3) is 16.6 Å². The number of imidazole rings is 1. The SMILES string of the molecule is O=C(c1c(F)cc(F)cc1F)c1c[nH]c2c(=O)n(Cc3cn4ncccc4n3)ccc12. The van der Waals surface area contributed by atoms with Crippen LogP contribution in [0.15, 0.2) is 59.9 Å². The van der Waals surface area contributed by atoms with Gasteiger partial charge in [0.25, 0.3) is 5.56 Å². The number of rotatable bonds is 4. The molecular formula is C21H12F3N5O2. The van der Waals surface area contributed by atoms with E-state index in [1.807, 2.05) is 0 Å². The Labute approximate surface area is 171 Å². The lowest BCUT2D eigenvalue weighted by atomic mass is 10.0. The molecule has 0 bridgehead atoms. The monoisotopic (exact) mass is 423 g/mol. The zero-order valence-corrected chi connectivity index (χ0v) is 15.6. The number of carbonyl (C=O) groups is 1. The Morgan fingerprint density at radius 3 is 2.65 bits per heavy atom. The molecule has 7 nitrogen and oxygen atoms in total. The maximum absolute atomic E-state index is 14.0. The van der Waals surface area contributed by atoms with Crippen LogP contribution in [0.5, 0.6) is 0 Å². The Morgan fingerprint density at radius 2 is 1.90 bits per heavy atom. The lowest BCUT2D eigenvalue weighted by Gasteiger charge is -2.05. The number of fused-ring (bicyclic) bond motifs is 2. The molecule has 0 aliphatic heterocycles. The van der Waals surface area contributed by atoms with Gasteiger partial charge in [-0.25, -0.2) is 22.7 Å². The van der Waals surface area contributed by atoms with Crippen LogP contribution in [0.4, 0.5) is 13.2 Å². The first-order valence-corrected chi connectivity index (χ1v) is 9.11. The molecule has 0 atom stereocenters. The predicted octanol–water partition coefficient (Wildman–Crippen LogP) is 3.07. The summed E-state index contributed by atoms with van der Waals surface area (Å²) in [6.07, 6.45) is 5.97. The summed E-state index contributed by atoms with van der Waals surface area (Å²) in [5, 5.41) is 4.33.